The average Bonchev–Trinajstić information content (AvgIpc) is 3.57. The molecule has 34 heavy (non-hydrogen) atoms. The molecule has 0 saturated heterocycles. The van der Waals surface area contributed by atoms with Crippen LogP contribution in [0.1, 0.15) is 0 Å². The summed E-state index contributed by atoms with van der Waals surface area (Å²) in [5.41, 5.74) is 0. The van der Waals surface area contributed by atoms with E-state index in [-0.39, 0.29) is 0 Å². The quantitative estimate of drug-likeness (QED) is 0.136. The van der Waals surface area contributed by atoms with Crippen molar-refractivity contribution in [2.24, 2.45) is 0 Å². The predicted molar refractivity (Wildman–Crippen MR) is 147 cm³/mol. The van der Waals surface area contributed by atoms with Gasteiger partial charge in [0.1, 0.15) is 0 Å². The van der Waals surface area contributed by atoms with Crippen LogP contribution in [-0.4, -0.2) is 7.63 Å². The van der Waals surface area contributed by atoms with Crippen molar-refractivity contribution in [3.05, 3.63) is 158 Å². The van der Waals surface area contributed by atoms with Gasteiger partial charge in [0.25, 0.3) is 0 Å². The number of hydrogen-bond donors (Lipinski definition) is 0. The Bertz CT molecular complexity index is 1080. The van der Waals surface area contributed by atoms with Crippen LogP contribution in [0, 0.1) is 12.1 Å². The molecule has 0 amide bonds. The maximum Gasteiger partial charge on any atom is -0.0809 e. The number of hydrogen-bond acceptors (Lipinski definition) is 0. The number of halogens is 2. The smallest absolute Gasteiger partial charge is 0.0809 e. The Hall–Kier alpha value is -2.39. The van der Waals surface area contributed by atoms with Gasteiger partial charge in [0.2, 0.25) is 0 Å². The number of rotatable bonds is 0. The summed E-state index contributed by atoms with van der Waals surface area (Å²) in [6.07, 6.45) is 0. The van der Waals surface area contributed by atoms with Crippen molar-refractivity contribution in [1.82, 2.24) is 0 Å². The molecule has 0 heterocycles. The van der Waals surface area contributed by atoms with E-state index < -0.39 is 14.5 Å². The molecular formula is C30H24Cl2SiTi-4. The topological polar surface area (TPSA) is 0 Å². The number of benzene rings is 4. The van der Waals surface area contributed by atoms with Crippen LogP contribution in [0.25, 0.3) is 21.5 Å². The minimum Gasteiger partial charge on any atom is -0.184 e. The number of fused-ring (bicyclic) bond motifs is 2. The summed E-state index contributed by atoms with van der Waals surface area (Å²) in [4.78, 5) is 0. The van der Waals surface area contributed by atoms with Crippen LogP contribution in [0.3, 0.4) is 0 Å². The van der Waals surface area contributed by atoms with Crippen LogP contribution in [0.4, 0.5) is 0 Å². The Morgan fingerprint density at radius 2 is 0.882 bits per heavy atom. The Morgan fingerprint density at radius 1 is 0.529 bits per heavy atom. The normalized spacial score (nSPS) is 9.00. The Morgan fingerprint density at radius 3 is 1.15 bits per heavy atom. The fourth-order valence-corrected chi connectivity index (χ4v) is 2.82. The van der Waals surface area contributed by atoms with E-state index in [2.05, 4.69) is 105 Å². The predicted octanol–water partition coefficient (Wildman–Crippen LogP) is 9.09. The molecule has 6 aromatic carbocycles. The maximum absolute atomic E-state index is 5.12. The van der Waals surface area contributed by atoms with Gasteiger partial charge in [0.15, 0.2) is 0 Å². The zero-order valence-corrected chi connectivity index (χ0v) is 22.7. The van der Waals surface area contributed by atoms with Gasteiger partial charge >= 0.3 is 40.7 Å². The van der Waals surface area contributed by atoms with E-state index in [1.165, 1.54) is 21.5 Å². The van der Waals surface area contributed by atoms with E-state index in [1.807, 2.05) is 60.7 Å². The molecule has 0 aliphatic heterocycles. The second-order valence-electron chi connectivity index (χ2n) is 6.72. The molecular weight excluding hydrogens is 507 g/mol. The molecule has 0 spiro atoms. The minimum atomic E-state index is -1.58. The summed E-state index contributed by atoms with van der Waals surface area (Å²) in [6, 6.07) is 54.3. The SMILES string of the molecule is [Si]=[Ti]([Cl])[Cl].[c-]1ccccc1.[c-]1ccccc1.c1ccc2[cH-]ccc2c1.c1ccc2[cH-]ccc2c1. The van der Waals surface area contributed by atoms with Crippen molar-refractivity contribution in [3.8, 4) is 0 Å². The first kappa shape index (κ1) is 27.9. The fraction of sp³-hybridized carbons (Fsp3) is 0. The largest absolute Gasteiger partial charge is 0.184 e. The van der Waals surface area contributed by atoms with Gasteiger partial charge in [-0.05, 0) is 0 Å². The van der Waals surface area contributed by atoms with Gasteiger partial charge in [0.05, 0.1) is 0 Å². The summed E-state index contributed by atoms with van der Waals surface area (Å²) in [6.45, 7) is 0. The minimum absolute atomic E-state index is 1.33. The van der Waals surface area contributed by atoms with Gasteiger partial charge in [-0.25, -0.2) is 0 Å². The van der Waals surface area contributed by atoms with Crippen molar-refractivity contribution in [2.75, 3.05) is 0 Å². The first-order valence-corrected chi connectivity index (χ1v) is 17.7. The molecule has 0 saturated carbocycles. The van der Waals surface area contributed by atoms with E-state index in [0.717, 1.165) is 0 Å². The van der Waals surface area contributed by atoms with E-state index in [4.69, 9.17) is 18.6 Å². The van der Waals surface area contributed by atoms with Crippen LogP contribution in [-0.2, 0) is 14.5 Å². The van der Waals surface area contributed by atoms with E-state index >= 15 is 0 Å². The summed E-state index contributed by atoms with van der Waals surface area (Å²) < 4.78 is 0. The zero-order chi connectivity index (χ0) is 24.3. The second-order valence-corrected chi connectivity index (χ2v) is 16.1. The molecule has 0 fully saturated rings. The van der Waals surface area contributed by atoms with Crippen LogP contribution in [0.2, 0.25) is 0 Å². The van der Waals surface area contributed by atoms with Crippen molar-refractivity contribution in [1.29, 1.82) is 0 Å². The van der Waals surface area contributed by atoms with Crippen molar-refractivity contribution < 1.29 is 14.5 Å². The molecule has 2 radical (unpaired) electrons. The van der Waals surface area contributed by atoms with Gasteiger partial charge in [-0.2, -0.15) is 108 Å². The van der Waals surface area contributed by atoms with Gasteiger partial charge in [-0.1, -0.05) is 12.1 Å². The fourth-order valence-electron chi connectivity index (χ4n) is 2.82. The molecule has 0 atom stereocenters. The van der Waals surface area contributed by atoms with E-state index in [9.17, 15) is 0 Å². The maximum atomic E-state index is 5.12. The first-order chi connectivity index (χ1) is 16.7. The van der Waals surface area contributed by atoms with E-state index in [0.29, 0.717) is 0 Å². The van der Waals surface area contributed by atoms with Crippen LogP contribution in [0.15, 0.2) is 146 Å². The molecule has 0 aliphatic carbocycles. The van der Waals surface area contributed by atoms with Gasteiger partial charge < -0.3 is 0 Å². The monoisotopic (exact) mass is 530 g/mol. The molecule has 4 heteroatoms. The Labute approximate surface area is 218 Å². The van der Waals surface area contributed by atoms with Crippen molar-refractivity contribution in [3.63, 3.8) is 0 Å². The summed E-state index contributed by atoms with van der Waals surface area (Å²) in [7, 11) is 13.2. The van der Waals surface area contributed by atoms with Crippen LogP contribution >= 0.6 is 18.6 Å². The third-order valence-corrected chi connectivity index (χ3v) is 4.31. The molecule has 170 valence electrons. The summed E-state index contributed by atoms with van der Waals surface area (Å²) >= 11 is -1.58. The molecule has 6 rings (SSSR count). The van der Waals surface area contributed by atoms with Crippen molar-refractivity contribution in [2.45, 2.75) is 0 Å². The third-order valence-electron chi connectivity index (χ3n) is 4.31. The van der Waals surface area contributed by atoms with Crippen LogP contribution < -0.4 is 0 Å². The van der Waals surface area contributed by atoms with Gasteiger partial charge in [-0.15, -0.1) is 59.3 Å². The molecule has 0 unspecified atom stereocenters. The molecule has 6 aromatic rings. The molecule has 0 N–H and O–H groups in total. The zero-order valence-electron chi connectivity index (χ0n) is 18.6. The Kier molecular flexibility index (Phi) is 14.7. The van der Waals surface area contributed by atoms with Crippen molar-refractivity contribution >= 4 is 47.8 Å². The first-order valence-electron chi connectivity index (χ1n) is 10.6. The second kappa shape index (κ2) is 18.0. The average molecular weight is 531 g/mol. The van der Waals surface area contributed by atoms with Crippen LogP contribution in [0.5, 0.6) is 0 Å². The molecule has 0 bridgehead atoms. The van der Waals surface area contributed by atoms with Gasteiger partial charge in [-0.3, -0.25) is 0 Å². The molecule has 0 nitrogen and oxygen atoms in total. The summed E-state index contributed by atoms with van der Waals surface area (Å²) in [5, 5.41) is 5.32. The van der Waals surface area contributed by atoms with E-state index in [1.54, 1.807) is 0 Å². The molecule has 0 aliphatic rings. The standard InChI is InChI=1S/2C9H7.2C6H5.2ClH.Si.Ti/c2*1-2-5-9-7-3-6-8(9)4-1;2*1-2-4-6-5-3-1;;;;/h2*1-7H;2*1-5H;2*1H;;/q4*-1;;;;+2/p-2. The Balaban J connectivity index is 0.000000155. The summed E-state index contributed by atoms with van der Waals surface area (Å²) in [5.74, 6) is 0. The third kappa shape index (κ3) is 12.7. The molecule has 0 aromatic heterocycles. The van der Waals surface area contributed by atoms with Gasteiger partial charge in [0, 0.05) is 0 Å².